The molecule has 4 rings (SSSR count). The zero-order valence-electron chi connectivity index (χ0n) is 18.1. The fourth-order valence-electron chi connectivity index (χ4n) is 3.11. The summed E-state index contributed by atoms with van der Waals surface area (Å²) in [5.74, 6) is 1.03. The van der Waals surface area contributed by atoms with Crippen LogP contribution in [0.4, 0.5) is 10.2 Å². The minimum absolute atomic E-state index is 0.0505. The number of hydrogen-bond acceptors (Lipinski definition) is 5. The number of nitrogens with one attached hydrogen (secondary N) is 1. The molecule has 0 unspecified atom stereocenters. The highest BCUT2D eigenvalue weighted by Crippen LogP contribution is 2.25. The number of rotatable bonds is 9. The van der Waals surface area contributed by atoms with E-state index in [1.807, 2.05) is 19.1 Å². The first-order valence-corrected chi connectivity index (χ1v) is 11.1. The zero-order chi connectivity index (χ0) is 24.1. The molecule has 0 atom stereocenters. The van der Waals surface area contributed by atoms with Crippen molar-refractivity contribution in [3.8, 4) is 11.5 Å². The van der Waals surface area contributed by atoms with E-state index in [1.165, 1.54) is 29.1 Å². The molecule has 0 aliphatic carbocycles. The third-order valence-corrected chi connectivity index (χ3v) is 5.36. The average molecular weight is 504 g/mol. The lowest BCUT2D eigenvalue weighted by Gasteiger charge is -2.06. The van der Waals surface area contributed by atoms with Crippen molar-refractivity contribution < 1.29 is 23.1 Å². The molecule has 2 heterocycles. The van der Waals surface area contributed by atoms with Crippen LogP contribution in [0.5, 0.6) is 11.5 Å². The second-order valence-electron chi connectivity index (χ2n) is 7.14. The highest BCUT2D eigenvalue weighted by atomic mass is 35.5. The van der Waals surface area contributed by atoms with Gasteiger partial charge < -0.3 is 19.2 Å². The Hall–Kier alpha value is -3.49. The van der Waals surface area contributed by atoms with E-state index < -0.39 is 11.7 Å². The maximum Gasteiger partial charge on any atom is 0.292 e. The van der Waals surface area contributed by atoms with E-state index >= 15 is 0 Å². The summed E-state index contributed by atoms with van der Waals surface area (Å²) in [7, 11) is 0. The number of halogens is 3. The number of carbonyl (C=O) groups is 1. The number of furan rings is 1. The Morgan fingerprint density at radius 1 is 1.06 bits per heavy atom. The number of nitrogens with zero attached hydrogens (tertiary/aromatic N) is 2. The van der Waals surface area contributed by atoms with Crippen molar-refractivity contribution in [3.63, 3.8) is 0 Å². The van der Waals surface area contributed by atoms with Crippen LogP contribution in [-0.2, 0) is 13.2 Å². The first kappa shape index (κ1) is 23.7. The van der Waals surface area contributed by atoms with Crippen LogP contribution in [0.2, 0.25) is 10.0 Å². The normalized spacial score (nSPS) is 10.8. The third kappa shape index (κ3) is 5.70. The molecule has 0 fully saturated rings. The quantitative estimate of drug-likeness (QED) is 0.294. The molecular formula is C24H20Cl2FN3O4. The second-order valence-corrected chi connectivity index (χ2v) is 7.95. The highest BCUT2D eigenvalue weighted by Gasteiger charge is 2.17. The third-order valence-electron chi connectivity index (χ3n) is 4.73. The lowest BCUT2D eigenvalue weighted by atomic mass is 10.2. The van der Waals surface area contributed by atoms with Crippen LogP contribution in [0, 0.1) is 5.82 Å². The van der Waals surface area contributed by atoms with E-state index in [2.05, 4.69) is 10.4 Å². The first-order valence-electron chi connectivity index (χ1n) is 10.3. The molecule has 2 aromatic heterocycles. The smallest absolute Gasteiger partial charge is 0.292 e. The highest BCUT2D eigenvalue weighted by molar-refractivity contribution is 6.33. The molecule has 0 radical (unpaired) electrons. The molecule has 4 aromatic rings. The average Bonchev–Trinajstić information content (AvgIpc) is 3.43. The Bertz CT molecular complexity index is 1270. The van der Waals surface area contributed by atoms with Gasteiger partial charge in [0, 0.05) is 16.8 Å². The van der Waals surface area contributed by atoms with E-state index in [0.717, 1.165) is 5.75 Å². The number of hydrogen-bond donors (Lipinski definition) is 1. The number of carbonyl (C=O) groups excluding carboxylic acids is 1. The summed E-state index contributed by atoms with van der Waals surface area (Å²) in [6, 6.07) is 14.8. The van der Waals surface area contributed by atoms with Gasteiger partial charge in [0.2, 0.25) is 0 Å². The first-order chi connectivity index (χ1) is 16.4. The summed E-state index contributed by atoms with van der Waals surface area (Å²) in [6.45, 7) is 2.69. The van der Waals surface area contributed by atoms with Crippen molar-refractivity contribution in [1.82, 2.24) is 9.78 Å². The molecule has 2 aromatic carbocycles. The van der Waals surface area contributed by atoms with Gasteiger partial charge in [-0.1, -0.05) is 29.3 Å². The molecule has 1 N–H and O–H groups in total. The van der Waals surface area contributed by atoms with Crippen LogP contribution in [-0.4, -0.2) is 22.3 Å². The Morgan fingerprint density at radius 3 is 2.50 bits per heavy atom. The lowest BCUT2D eigenvalue weighted by Crippen LogP contribution is -2.12. The molecule has 10 heteroatoms. The molecule has 176 valence electrons. The van der Waals surface area contributed by atoms with Gasteiger partial charge in [0.25, 0.3) is 5.91 Å². The molecule has 34 heavy (non-hydrogen) atoms. The van der Waals surface area contributed by atoms with Crippen LogP contribution in [0.3, 0.4) is 0 Å². The summed E-state index contributed by atoms with van der Waals surface area (Å²) in [4.78, 5) is 12.6. The maximum absolute atomic E-state index is 14.0. The van der Waals surface area contributed by atoms with Crippen molar-refractivity contribution >= 4 is 34.9 Å². The molecule has 1 amide bonds. The van der Waals surface area contributed by atoms with Gasteiger partial charge in [0.15, 0.2) is 11.6 Å². The van der Waals surface area contributed by atoms with Crippen LogP contribution >= 0.6 is 23.2 Å². The predicted molar refractivity (Wildman–Crippen MR) is 126 cm³/mol. The summed E-state index contributed by atoms with van der Waals surface area (Å²) in [6.07, 6.45) is 1.47. The van der Waals surface area contributed by atoms with Gasteiger partial charge in [-0.15, -0.1) is 0 Å². The van der Waals surface area contributed by atoms with E-state index in [0.29, 0.717) is 18.1 Å². The Kier molecular flexibility index (Phi) is 7.40. The summed E-state index contributed by atoms with van der Waals surface area (Å²) < 4.78 is 32.1. The number of ether oxygens (including phenoxy) is 2. The van der Waals surface area contributed by atoms with Gasteiger partial charge in [-0.3, -0.25) is 9.48 Å². The van der Waals surface area contributed by atoms with Gasteiger partial charge in [-0.2, -0.15) is 5.10 Å². The molecule has 0 aliphatic rings. The SMILES string of the molecule is CCOc1ccc(OCc2ccc(C(=O)Nc3nn(Cc4c(F)cccc4Cl)cc3Cl)o2)cc1. The van der Waals surface area contributed by atoms with Gasteiger partial charge in [-0.05, 0) is 55.5 Å². The Morgan fingerprint density at radius 2 is 1.79 bits per heavy atom. The molecule has 0 spiro atoms. The molecule has 0 aliphatic heterocycles. The fourth-order valence-corrected chi connectivity index (χ4v) is 3.53. The van der Waals surface area contributed by atoms with Gasteiger partial charge in [0.05, 0.1) is 13.2 Å². The van der Waals surface area contributed by atoms with Gasteiger partial charge >= 0.3 is 0 Å². The standard InChI is InChI=1S/C24H20Cl2FN3O4/c1-2-32-15-6-8-16(9-7-15)33-14-17-10-11-22(34-17)24(31)28-23-20(26)13-30(29-23)12-18-19(25)4-3-5-21(18)27/h3-11,13H,2,12,14H2,1H3,(H,28,29,31). The van der Waals surface area contributed by atoms with Crippen molar-refractivity contribution in [2.24, 2.45) is 0 Å². The number of benzene rings is 2. The van der Waals surface area contributed by atoms with Gasteiger partial charge in [0.1, 0.15) is 34.7 Å². The fraction of sp³-hybridized carbons (Fsp3) is 0.167. The maximum atomic E-state index is 14.0. The largest absolute Gasteiger partial charge is 0.494 e. The summed E-state index contributed by atoms with van der Waals surface area (Å²) >= 11 is 12.3. The molecule has 7 nitrogen and oxygen atoms in total. The second kappa shape index (κ2) is 10.6. The zero-order valence-corrected chi connectivity index (χ0v) is 19.6. The molecule has 0 saturated heterocycles. The predicted octanol–water partition coefficient (Wildman–Crippen LogP) is 6.20. The Balaban J connectivity index is 1.36. The molecule has 0 saturated carbocycles. The van der Waals surface area contributed by atoms with Crippen molar-refractivity contribution in [3.05, 3.63) is 93.7 Å². The molecule has 0 bridgehead atoms. The number of anilines is 1. The van der Waals surface area contributed by atoms with Crippen molar-refractivity contribution in [1.29, 1.82) is 0 Å². The monoisotopic (exact) mass is 503 g/mol. The number of aromatic nitrogens is 2. The van der Waals surface area contributed by atoms with Crippen molar-refractivity contribution in [2.75, 3.05) is 11.9 Å². The summed E-state index contributed by atoms with van der Waals surface area (Å²) in [5, 5.41) is 7.25. The van der Waals surface area contributed by atoms with Crippen LogP contribution in [0.25, 0.3) is 0 Å². The minimum Gasteiger partial charge on any atom is -0.494 e. The van der Waals surface area contributed by atoms with E-state index in [1.54, 1.807) is 24.3 Å². The lowest BCUT2D eigenvalue weighted by molar-refractivity contribution is 0.0992. The van der Waals surface area contributed by atoms with Crippen LogP contribution in [0.15, 0.2) is 65.2 Å². The van der Waals surface area contributed by atoms with Crippen LogP contribution < -0.4 is 14.8 Å². The van der Waals surface area contributed by atoms with E-state index in [-0.39, 0.29) is 40.3 Å². The van der Waals surface area contributed by atoms with E-state index in [9.17, 15) is 9.18 Å². The van der Waals surface area contributed by atoms with Crippen molar-refractivity contribution in [2.45, 2.75) is 20.1 Å². The van der Waals surface area contributed by atoms with Crippen LogP contribution in [0.1, 0.15) is 28.8 Å². The number of amides is 1. The summed E-state index contributed by atoms with van der Waals surface area (Å²) in [5.41, 5.74) is 0.268. The van der Waals surface area contributed by atoms with E-state index in [4.69, 9.17) is 37.1 Å². The Labute approximate surface area is 205 Å². The van der Waals surface area contributed by atoms with Gasteiger partial charge in [-0.25, -0.2) is 4.39 Å². The topological polar surface area (TPSA) is 78.5 Å². The minimum atomic E-state index is -0.539. The molecular weight excluding hydrogens is 484 g/mol.